The summed E-state index contributed by atoms with van der Waals surface area (Å²) in [5.41, 5.74) is 2.83. The predicted molar refractivity (Wildman–Crippen MR) is 127 cm³/mol. The van der Waals surface area contributed by atoms with E-state index in [2.05, 4.69) is 15.4 Å². The van der Waals surface area contributed by atoms with Crippen LogP contribution in [-0.4, -0.2) is 52.5 Å². The Balaban J connectivity index is 1.82. The lowest BCUT2D eigenvalue weighted by molar-refractivity contribution is 0.0704. The van der Waals surface area contributed by atoms with Crippen LogP contribution >= 0.6 is 11.9 Å². The van der Waals surface area contributed by atoms with Gasteiger partial charge in [0.25, 0.3) is 5.91 Å². The van der Waals surface area contributed by atoms with Crippen LogP contribution in [0.25, 0.3) is 22.0 Å². The number of fused-ring (bicyclic) bond motifs is 1. The summed E-state index contributed by atoms with van der Waals surface area (Å²) in [6, 6.07) is 14.3. The van der Waals surface area contributed by atoms with E-state index in [1.807, 2.05) is 49.3 Å². The SMILES string of the molecule is CSN1CCN(C(=O)c2cnc3ccc(F)cc3c2-c2ccc(C(C)(C)C#N)cc2)CC1. The van der Waals surface area contributed by atoms with Crippen molar-refractivity contribution in [3.63, 3.8) is 0 Å². The van der Waals surface area contributed by atoms with Crippen molar-refractivity contribution in [1.29, 1.82) is 5.26 Å². The van der Waals surface area contributed by atoms with Gasteiger partial charge in [-0.1, -0.05) is 36.2 Å². The summed E-state index contributed by atoms with van der Waals surface area (Å²) in [6.45, 7) is 6.60. The average Bonchev–Trinajstić information content (AvgIpc) is 2.83. The van der Waals surface area contributed by atoms with Gasteiger partial charge in [-0.25, -0.2) is 8.70 Å². The van der Waals surface area contributed by atoms with Crippen LogP contribution in [0, 0.1) is 17.1 Å². The van der Waals surface area contributed by atoms with Crippen LogP contribution in [0.2, 0.25) is 0 Å². The first-order valence-corrected chi connectivity index (χ1v) is 11.7. The van der Waals surface area contributed by atoms with E-state index in [1.165, 1.54) is 12.1 Å². The first kappa shape index (κ1) is 22.3. The Morgan fingerprint density at radius 1 is 1.12 bits per heavy atom. The highest BCUT2D eigenvalue weighted by atomic mass is 32.2. The van der Waals surface area contributed by atoms with Gasteiger partial charge in [0.2, 0.25) is 0 Å². The third-order valence-electron chi connectivity index (χ3n) is 6.02. The molecule has 1 saturated heterocycles. The summed E-state index contributed by atoms with van der Waals surface area (Å²) in [5, 5.41) is 10.1. The molecular weight excluding hydrogens is 423 g/mol. The molecular formula is C25H25FN4OS. The number of aromatic nitrogens is 1. The smallest absolute Gasteiger partial charge is 0.256 e. The van der Waals surface area contributed by atoms with Gasteiger partial charge in [0.1, 0.15) is 5.82 Å². The summed E-state index contributed by atoms with van der Waals surface area (Å²) in [7, 11) is 0. The molecule has 1 fully saturated rings. The Morgan fingerprint density at radius 3 is 2.44 bits per heavy atom. The molecule has 0 bridgehead atoms. The Labute approximate surface area is 192 Å². The number of piperazine rings is 1. The van der Waals surface area contributed by atoms with E-state index < -0.39 is 5.41 Å². The molecule has 1 aliphatic rings. The van der Waals surface area contributed by atoms with Crippen LogP contribution in [0.1, 0.15) is 29.8 Å². The molecule has 0 N–H and O–H groups in total. The number of amides is 1. The highest BCUT2D eigenvalue weighted by Gasteiger charge is 2.26. The van der Waals surface area contributed by atoms with E-state index in [0.717, 1.165) is 24.2 Å². The fraction of sp³-hybridized carbons (Fsp3) is 0.320. The lowest BCUT2D eigenvalue weighted by Gasteiger charge is -2.33. The first-order valence-electron chi connectivity index (χ1n) is 10.5. The maximum atomic E-state index is 14.2. The third kappa shape index (κ3) is 4.21. The van der Waals surface area contributed by atoms with Crippen LogP contribution in [0.3, 0.4) is 0 Å². The number of pyridine rings is 1. The molecule has 32 heavy (non-hydrogen) atoms. The van der Waals surface area contributed by atoms with Crippen molar-refractivity contribution < 1.29 is 9.18 Å². The number of benzene rings is 2. The molecule has 5 nitrogen and oxygen atoms in total. The lowest BCUT2D eigenvalue weighted by atomic mass is 9.85. The third-order valence-corrected chi connectivity index (χ3v) is 6.90. The zero-order valence-corrected chi connectivity index (χ0v) is 19.2. The number of hydrogen-bond donors (Lipinski definition) is 0. The van der Waals surface area contributed by atoms with E-state index in [0.29, 0.717) is 35.1 Å². The zero-order valence-electron chi connectivity index (χ0n) is 18.4. The Bertz CT molecular complexity index is 1200. The normalized spacial score (nSPS) is 15.0. The summed E-state index contributed by atoms with van der Waals surface area (Å²) in [4.78, 5) is 19.8. The van der Waals surface area contributed by atoms with E-state index >= 15 is 0 Å². The summed E-state index contributed by atoms with van der Waals surface area (Å²) in [6.07, 6.45) is 3.64. The average molecular weight is 449 g/mol. The Hall–Kier alpha value is -2.95. The second-order valence-corrected chi connectivity index (χ2v) is 9.31. The molecule has 0 saturated carbocycles. The fourth-order valence-corrected chi connectivity index (χ4v) is 4.53. The summed E-state index contributed by atoms with van der Waals surface area (Å²) >= 11 is 1.68. The largest absolute Gasteiger partial charge is 0.336 e. The van der Waals surface area contributed by atoms with Crippen LogP contribution in [-0.2, 0) is 5.41 Å². The molecule has 2 aromatic carbocycles. The van der Waals surface area contributed by atoms with Gasteiger partial charge >= 0.3 is 0 Å². The molecule has 1 amide bonds. The van der Waals surface area contributed by atoms with Gasteiger partial charge in [0.05, 0.1) is 22.6 Å². The quantitative estimate of drug-likeness (QED) is 0.533. The molecule has 1 aromatic heterocycles. The molecule has 0 radical (unpaired) electrons. The predicted octanol–water partition coefficient (Wildman–Crippen LogP) is 4.88. The van der Waals surface area contributed by atoms with Crippen molar-refractivity contribution in [2.45, 2.75) is 19.3 Å². The minimum absolute atomic E-state index is 0.0964. The number of nitrogens with zero attached hydrogens (tertiary/aromatic N) is 4. The number of carbonyl (C=O) groups is 1. The highest BCUT2D eigenvalue weighted by Crippen LogP contribution is 2.34. The topological polar surface area (TPSA) is 60.2 Å². The maximum absolute atomic E-state index is 14.2. The van der Waals surface area contributed by atoms with Crippen LogP contribution in [0.4, 0.5) is 4.39 Å². The molecule has 0 atom stereocenters. The molecule has 7 heteroatoms. The fourth-order valence-electron chi connectivity index (χ4n) is 4.00. The first-order chi connectivity index (χ1) is 15.3. The van der Waals surface area contributed by atoms with Crippen molar-refractivity contribution in [2.75, 3.05) is 32.4 Å². The van der Waals surface area contributed by atoms with Crippen LogP contribution in [0.15, 0.2) is 48.7 Å². The van der Waals surface area contributed by atoms with Crippen molar-refractivity contribution in [3.05, 3.63) is 65.6 Å². The zero-order chi connectivity index (χ0) is 22.9. The molecule has 3 aromatic rings. The Morgan fingerprint density at radius 2 is 1.81 bits per heavy atom. The number of hydrogen-bond acceptors (Lipinski definition) is 5. The standard InChI is InChI=1S/C25H25FN4OS/c1-25(2,16-27)18-6-4-17(5-7-18)23-20-14-19(26)8-9-22(20)28-15-21(23)24(31)29-10-12-30(32-3)13-11-29/h4-9,14-15H,10-13H2,1-3H3. The lowest BCUT2D eigenvalue weighted by Crippen LogP contribution is -2.46. The van der Waals surface area contributed by atoms with E-state index in [1.54, 1.807) is 24.2 Å². The number of carbonyl (C=O) groups excluding carboxylic acids is 1. The molecule has 0 spiro atoms. The van der Waals surface area contributed by atoms with Crippen molar-refractivity contribution in [3.8, 4) is 17.2 Å². The molecule has 0 unspecified atom stereocenters. The molecule has 1 aliphatic heterocycles. The van der Waals surface area contributed by atoms with Gasteiger partial charge in [0.15, 0.2) is 0 Å². The highest BCUT2D eigenvalue weighted by molar-refractivity contribution is 7.96. The Kier molecular flexibility index (Phi) is 6.18. The van der Waals surface area contributed by atoms with Gasteiger partial charge in [-0.15, -0.1) is 0 Å². The minimum atomic E-state index is -0.624. The van der Waals surface area contributed by atoms with Gasteiger partial charge < -0.3 is 4.90 Å². The minimum Gasteiger partial charge on any atom is -0.336 e. The van der Waals surface area contributed by atoms with Gasteiger partial charge in [0, 0.05) is 43.3 Å². The second kappa shape index (κ2) is 8.89. The molecule has 4 rings (SSSR count). The van der Waals surface area contributed by atoms with Crippen LogP contribution < -0.4 is 0 Å². The van der Waals surface area contributed by atoms with Crippen molar-refractivity contribution >= 4 is 28.8 Å². The number of nitriles is 1. The maximum Gasteiger partial charge on any atom is 0.256 e. The van der Waals surface area contributed by atoms with E-state index in [9.17, 15) is 14.4 Å². The molecule has 2 heterocycles. The summed E-state index contributed by atoms with van der Waals surface area (Å²) in [5.74, 6) is -0.471. The van der Waals surface area contributed by atoms with E-state index in [-0.39, 0.29) is 11.7 Å². The number of rotatable bonds is 4. The summed E-state index contributed by atoms with van der Waals surface area (Å²) < 4.78 is 16.4. The second-order valence-electron chi connectivity index (χ2n) is 8.43. The van der Waals surface area contributed by atoms with Gasteiger partial charge in [-0.05, 0) is 49.4 Å². The van der Waals surface area contributed by atoms with E-state index in [4.69, 9.17) is 0 Å². The van der Waals surface area contributed by atoms with Crippen molar-refractivity contribution in [1.82, 2.24) is 14.2 Å². The number of halogens is 1. The monoisotopic (exact) mass is 448 g/mol. The van der Waals surface area contributed by atoms with Gasteiger partial charge in [-0.2, -0.15) is 5.26 Å². The van der Waals surface area contributed by atoms with Crippen molar-refractivity contribution in [2.24, 2.45) is 0 Å². The molecule has 164 valence electrons. The van der Waals surface area contributed by atoms with Gasteiger partial charge in [-0.3, -0.25) is 9.78 Å². The molecule has 0 aliphatic carbocycles. The van der Waals surface area contributed by atoms with Crippen LogP contribution in [0.5, 0.6) is 0 Å².